The molecule has 4 nitrogen and oxygen atoms in total. The molecule has 0 saturated heterocycles. The standard InChI is InChI=1S/C24H35ClO4/c1-2-3-6-10-21(26)17-12-14-18(15-13-17)24-19(20(25)16-22(24)27)9-7-4-5-8-11-23(28)29/h4,7,12-15,19-22,24,26-27H,2-3,5-6,8-11,16H2,1H3,(H,28,29)/b7-4-/t19-,20+,21?,22?,24+/m0/s1. The third-order valence-electron chi connectivity index (χ3n) is 5.93. The van der Waals surface area contributed by atoms with Gasteiger partial charge in [0.05, 0.1) is 12.2 Å². The van der Waals surface area contributed by atoms with E-state index in [2.05, 4.69) is 13.0 Å². The minimum Gasteiger partial charge on any atom is -0.481 e. The first kappa shape index (κ1) is 23.9. The van der Waals surface area contributed by atoms with Gasteiger partial charge in [-0.05, 0) is 49.1 Å². The summed E-state index contributed by atoms with van der Waals surface area (Å²) in [4.78, 5) is 10.6. The number of benzene rings is 1. The molecule has 0 bridgehead atoms. The lowest BCUT2D eigenvalue weighted by Crippen LogP contribution is -2.18. The minimum absolute atomic E-state index is 0.0209. The second-order valence-corrected chi connectivity index (χ2v) is 8.74. The minimum atomic E-state index is -0.767. The van der Waals surface area contributed by atoms with Gasteiger partial charge in [-0.25, -0.2) is 0 Å². The molecular weight excluding hydrogens is 388 g/mol. The van der Waals surface area contributed by atoms with Crippen LogP contribution >= 0.6 is 11.6 Å². The third kappa shape index (κ3) is 7.44. The molecule has 162 valence electrons. The van der Waals surface area contributed by atoms with Gasteiger partial charge in [0.25, 0.3) is 0 Å². The van der Waals surface area contributed by atoms with Crippen molar-refractivity contribution >= 4 is 17.6 Å². The predicted octanol–water partition coefficient (Wildman–Crippen LogP) is 5.57. The van der Waals surface area contributed by atoms with Gasteiger partial charge in [0.1, 0.15) is 0 Å². The number of allylic oxidation sites excluding steroid dienone is 2. The molecule has 1 fully saturated rings. The van der Waals surface area contributed by atoms with Crippen molar-refractivity contribution in [2.24, 2.45) is 5.92 Å². The van der Waals surface area contributed by atoms with Gasteiger partial charge in [0, 0.05) is 17.7 Å². The number of carbonyl (C=O) groups is 1. The van der Waals surface area contributed by atoms with Crippen LogP contribution in [0.5, 0.6) is 0 Å². The fourth-order valence-electron chi connectivity index (χ4n) is 4.26. The van der Waals surface area contributed by atoms with Crippen LogP contribution in [0.25, 0.3) is 0 Å². The summed E-state index contributed by atoms with van der Waals surface area (Å²) in [5.74, 6) is -0.646. The van der Waals surface area contributed by atoms with E-state index in [0.29, 0.717) is 12.8 Å². The van der Waals surface area contributed by atoms with Crippen LogP contribution in [0.15, 0.2) is 36.4 Å². The van der Waals surface area contributed by atoms with Crippen LogP contribution in [0.4, 0.5) is 0 Å². The lowest BCUT2D eigenvalue weighted by molar-refractivity contribution is -0.137. The number of carboxylic acids is 1. The van der Waals surface area contributed by atoms with Gasteiger partial charge in [0.15, 0.2) is 0 Å². The highest BCUT2D eigenvalue weighted by Crippen LogP contribution is 2.45. The van der Waals surface area contributed by atoms with E-state index < -0.39 is 18.2 Å². The molecule has 0 aromatic heterocycles. The molecule has 2 unspecified atom stereocenters. The van der Waals surface area contributed by atoms with E-state index in [-0.39, 0.29) is 23.6 Å². The van der Waals surface area contributed by atoms with Crippen LogP contribution in [0.3, 0.4) is 0 Å². The quantitative estimate of drug-likeness (QED) is 0.233. The first-order valence-corrected chi connectivity index (χ1v) is 11.3. The summed E-state index contributed by atoms with van der Waals surface area (Å²) < 4.78 is 0. The van der Waals surface area contributed by atoms with Gasteiger partial charge in [-0.2, -0.15) is 0 Å². The molecule has 2 rings (SSSR count). The van der Waals surface area contributed by atoms with Crippen molar-refractivity contribution in [2.75, 3.05) is 0 Å². The number of unbranched alkanes of at least 4 members (excludes halogenated alkanes) is 3. The second-order valence-electron chi connectivity index (χ2n) is 8.18. The van der Waals surface area contributed by atoms with E-state index in [1.54, 1.807) is 0 Å². The average molecular weight is 423 g/mol. The van der Waals surface area contributed by atoms with Crippen molar-refractivity contribution in [1.29, 1.82) is 0 Å². The van der Waals surface area contributed by atoms with Crippen LogP contribution in [0.1, 0.15) is 87.9 Å². The maximum Gasteiger partial charge on any atom is 0.303 e. The van der Waals surface area contributed by atoms with Crippen molar-refractivity contribution in [2.45, 2.75) is 88.2 Å². The van der Waals surface area contributed by atoms with Gasteiger partial charge in [-0.15, -0.1) is 11.6 Å². The Morgan fingerprint density at radius 1 is 1.21 bits per heavy atom. The Kier molecular flexibility index (Phi) is 10.2. The molecule has 1 saturated carbocycles. The highest BCUT2D eigenvalue weighted by atomic mass is 35.5. The number of aliphatic hydroxyl groups is 2. The molecule has 1 aromatic rings. The molecule has 5 atom stereocenters. The number of hydrogen-bond acceptors (Lipinski definition) is 3. The number of rotatable bonds is 12. The third-order valence-corrected chi connectivity index (χ3v) is 6.43. The molecule has 0 radical (unpaired) electrons. The van der Waals surface area contributed by atoms with Gasteiger partial charge < -0.3 is 15.3 Å². The summed E-state index contributed by atoms with van der Waals surface area (Å²) in [6.45, 7) is 2.15. The Labute approximate surface area is 179 Å². The topological polar surface area (TPSA) is 77.8 Å². The van der Waals surface area contributed by atoms with Crippen LogP contribution in [-0.2, 0) is 4.79 Å². The molecule has 0 spiro atoms. The summed E-state index contributed by atoms with van der Waals surface area (Å²) in [5.41, 5.74) is 1.99. The number of aliphatic hydroxyl groups excluding tert-OH is 2. The molecule has 0 aliphatic heterocycles. The van der Waals surface area contributed by atoms with Crippen molar-refractivity contribution in [3.8, 4) is 0 Å². The molecule has 0 heterocycles. The zero-order valence-corrected chi connectivity index (χ0v) is 18.1. The van der Waals surface area contributed by atoms with Crippen molar-refractivity contribution in [3.63, 3.8) is 0 Å². The lowest BCUT2D eigenvalue weighted by Gasteiger charge is -2.23. The van der Waals surface area contributed by atoms with E-state index in [0.717, 1.165) is 49.7 Å². The fraction of sp³-hybridized carbons (Fsp3) is 0.625. The Bertz CT molecular complexity index is 643. The monoisotopic (exact) mass is 422 g/mol. The molecular formula is C24H35ClO4. The van der Waals surface area contributed by atoms with Gasteiger partial charge in [0.2, 0.25) is 0 Å². The van der Waals surface area contributed by atoms with E-state index in [9.17, 15) is 15.0 Å². The van der Waals surface area contributed by atoms with Crippen LogP contribution in [0, 0.1) is 5.92 Å². The highest BCUT2D eigenvalue weighted by molar-refractivity contribution is 6.21. The summed E-state index contributed by atoms with van der Waals surface area (Å²) in [6.07, 6.45) is 10.2. The zero-order chi connectivity index (χ0) is 21.2. The molecule has 1 aromatic carbocycles. The van der Waals surface area contributed by atoms with Crippen LogP contribution in [0.2, 0.25) is 0 Å². The Morgan fingerprint density at radius 2 is 1.93 bits per heavy atom. The molecule has 1 aliphatic carbocycles. The maximum absolute atomic E-state index is 10.6. The molecule has 0 amide bonds. The SMILES string of the molecule is CCCCCC(O)c1ccc([C@H]2C(O)C[C@@H](Cl)[C@@H]2C/C=C\CCCC(=O)O)cc1. The molecule has 1 aliphatic rings. The van der Waals surface area contributed by atoms with E-state index in [1.807, 2.05) is 30.3 Å². The summed E-state index contributed by atoms with van der Waals surface area (Å²) in [5, 5.41) is 29.5. The van der Waals surface area contributed by atoms with Crippen molar-refractivity contribution in [3.05, 3.63) is 47.5 Å². The number of carboxylic acid groups (broad SMARTS) is 1. The number of alkyl halides is 1. The summed E-state index contributed by atoms with van der Waals surface area (Å²) >= 11 is 6.54. The Hall–Kier alpha value is -1.36. The number of hydrogen-bond donors (Lipinski definition) is 3. The molecule has 5 heteroatoms. The second kappa shape index (κ2) is 12.4. The van der Waals surface area contributed by atoms with E-state index in [4.69, 9.17) is 16.7 Å². The summed E-state index contributed by atoms with van der Waals surface area (Å²) in [7, 11) is 0. The fourth-order valence-corrected chi connectivity index (χ4v) is 4.71. The average Bonchev–Trinajstić information content (AvgIpc) is 2.97. The maximum atomic E-state index is 10.6. The van der Waals surface area contributed by atoms with Crippen molar-refractivity contribution in [1.82, 2.24) is 0 Å². The van der Waals surface area contributed by atoms with Gasteiger partial charge in [-0.3, -0.25) is 4.79 Å². The van der Waals surface area contributed by atoms with Crippen LogP contribution < -0.4 is 0 Å². The van der Waals surface area contributed by atoms with E-state index >= 15 is 0 Å². The molecule has 29 heavy (non-hydrogen) atoms. The van der Waals surface area contributed by atoms with Crippen LogP contribution in [-0.4, -0.2) is 32.8 Å². The number of halogens is 1. The Morgan fingerprint density at radius 3 is 2.59 bits per heavy atom. The smallest absolute Gasteiger partial charge is 0.303 e. The zero-order valence-electron chi connectivity index (χ0n) is 17.3. The summed E-state index contributed by atoms with van der Waals surface area (Å²) in [6, 6.07) is 7.98. The van der Waals surface area contributed by atoms with Gasteiger partial charge in [-0.1, -0.05) is 62.6 Å². The predicted molar refractivity (Wildman–Crippen MR) is 117 cm³/mol. The first-order valence-electron chi connectivity index (χ1n) is 10.9. The normalized spacial score (nSPS) is 25.5. The first-order chi connectivity index (χ1) is 13.9. The number of aliphatic carboxylic acids is 1. The Balaban J connectivity index is 1.96. The van der Waals surface area contributed by atoms with E-state index in [1.165, 1.54) is 0 Å². The largest absolute Gasteiger partial charge is 0.481 e. The van der Waals surface area contributed by atoms with Crippen molar-refractivity contribution < 1.29 is 20.1 Å². The lowest BCUT2D eigenvalue weighted by atomic mass is 9.84. The van der Waals surface area contributed by atoms with Gasteiger partial charge >= 0.3 is 5.97 Å². The highest BCUT2D eigenvalue weighted by Gasteiger charge is 2.41. The molecule has 3 N–H and O–H groups in total.